The Hall–Kier alpha value is -1.15. The smallest absolute Gasteiger partial charge is 0.240 e. The van der Waals surface area contributed by atoms with Gasteiger partial charge in [0.25, 0.3) is 0 Å². The summed E-state index contributed by atoms with van der Waals surface area (Å²) in [6, 6.07) is 6.24. The summed E-state index contributed by atoms with van der Waals surface area (Å²) in [6.07, 6.45) is 5.08. The van der Waals surface area contributed by atoms with Gasteiger partial charge in [-0.2, -0.15) is 0 Å². The molecule has 0 bridgehead atoms. The number of sulfonamides is 1. The van der Waals surface area contributed by atoms with E-state index in [0.717, 1.165) is 6.42 Å². The third-order valence-corrected chi connectivity index (χ3v) is 5.33. The lowest BCUT2D eigenvalue weighted by atomic mass is 9.82. The molecule has 0 heterocycles. The minimum Gasteiger partial charge on any atom is -0.329 e. The summed E-state index contributed by atoms with van der Waals surface area (Å²) in [5.74, 6) is 0.606. The first-order valence-corrected chi connectivity index (χ1v) is 9.09. The van der Waals surface area contributed by atoms with Gasteiger partial charge in [0, 0.05) is 25.2 Å². The number of amides is 1. The van der Waals surface area contributed by atoms with Gasteiger partial charge in [-0.1, -0.05) is 25.3 Å². The monoisotopic (exact) mass is 361 g/mol. The van der Waals surface area contributed by atoms with Crippen LogP contribution in [0.2, 0.25) is 0 Å². The Bertz CT molecular complexity index is 618. The number of carbonyl (C=O) groups is 1. The van der Waals surface area contributed by atoms with Gasteiger partial charge in [-0.3, -0.25) is 4.79 Å². The van der Waals surface area contributed by atoms with Crippen LogP contribution >= 0.6 is 12.4 Å². The van der Waals surface area contributed by atoms with E-state index in [1.165, 1.54) is 31.4 Å². The van der Waals surface area contributed by atoms with Crippen LogP contribution in [0.1, 0.15) is 32.1 Å². The van der Waals surface area contributed by atoms with Crippen molar-refractivity contribution in [1.82, 2.24) is 4.72 Å². The lowest BCUT2D eigenvalue weighted by Gasteiger charge is -2.24. The Morgan fingerprint density at radius 2 is 2.04 bits per heavy atom. The summed E-state index contributed by atoms with van der Waals surface area (Å²) in [5, 5.41) is 2.76. The van der Waals surface area contributed by atoms with E-state index in [2.05, 4.69) is 10.0 Å². The van der Waals surface area contributed by atoms with Gasteiger partial charge in [0.15, 0.2) is 0 Å². The van der Waals surface area contributed by atoms with Crippen LogP contribution in [0.5, 0.6) is 0 Å². The second kappa shape index (κ2) is 9.22. The van der Waals surface area contributed by atoms with Crippen LogP contribution < -0.4 is 15.8 Å². The fourth-order valence-electron chi connectivity index (χ4n) is 2.36. The van der Waals surface area contributed by atoms with E-state index in [1.54, 1.807) is 12.1 Å². The number of halogens is 1. The molecule has 6 nitrogen and oxygen atoms in total. The molecule has 0 unspecified atom stereocenters. The van der Waals surface area contributed by atoms with Crippen LogP contribution in [0.4, 0.5) is 5.69 Å². The first kappa shape index (κ1) is 19.9. The number of carbonyl (C=O) groups excluding carboxylic acids is 1. The molecule has 8 heteroatoms. The maximum atomic E-state index is 12.0. The lowest BCUT2D eigenvalue weighted by Crippen LogP contribution is -2.29. The molecule has 0 spiro atoms. The Morgan fingerprint density at radius 3 is 2.65 bits per heavy atom. The highest BCUT2D eigenvalue weighted by Crippen LogP contribution is 2.30. The van der Waals surface area contributed by atoms with Crippen molar-refractivity contribution in [2.45, 2.75) is 37.0 Å². The van der Waals surface area contributed by atoms with Gasteiger partial charge in [-0.15, -0.1) is 12.4 Å². The predicted octanol–water partition coefficient (Wildman–Crippen LogP) is 1.86. The van der Waals surface area contributed by atoms with Crippen molar-refractivity contribution < 1.29 is 13.2 Å². The predicted molar refractivity (Wildman–Crippen MR) is 93.1 cm³/mol. The third kappa shape index (κ3) is 6.10. The van der Waals surface area contributed by atoms with Crippen molar-refractivity contribution in [3.8, 4) is 0 Å². The zero-order valence-corrected chi connectivity index (χ0v) is 14.6. The SMILES string of the molecule is Cl.NCCNS(=O)(=O)c1cccc(NC(=O)CCC2CCC2)c1. The minimum atomic E-state index is -3.58. The summed E-state index contributed by atoms with van der Waals surface area (Å²) in [5.41, 5.74) is 5.79. The van der Waals surface area contributed by atoms with E-state index in [9.17, 15) is 13.2 Å². The normalized spacial score (nSPS) is 14.7. The molecular weight excluding hydrogens is 338 g/mol. The van der Waals surface area contributed by atoms with Gasteiger partial charge in [0.2, 0.25) is 15.9 Å². The standard InChI is InChI=1S/C15H23N3O3S.ClH/c16-9-10-17-22(20,21)14-6-2-5-13(11-14)18-15(19)8-7-12-3-1-4-12;/h2,5-6,11-12,17H,1,3-4,7-10,16H2,(H,18,19);1H. The Morgan fingerprint density at radius 1 is 1.30 bits per heavy atom. The molecule has 0 radical (unpaired) electrons. The van der Waals surface area contributed by atoms with Crippen LogP contribution in [0.3, 0.4) is 0 Å². The van der Waals surface area contributed by atoms with E-state index in [4.69, 9.17) is 5.73 Å². The zero-order valence-electron chi connectivity index (χ0n) is 13.0. The highest BCUT2D eigenvalue weighted by molar-refractivity contribution is 7.89. The largest absolute Gasteiger partial charge is 0.329 e. The molecule has 0 aromatic heterocycles. The van der Waals surface area contributed by atoms with E-state index >= 15 is 0 Å². The fourth-order valence-corrected chi connectivity index (χ4v) is 3.45. The number of anilines is 1. The second-order valence-electron chi connectivity index (χ2n) is 5.60. The first-order valence-electron chi connectivity index (χ1n) is 7.61. The minimum absolute atomic E-state index is 0. The quantitative estimate of drug-likeness (QED) is 0.657. The number of nitrogens with one attached hydrogen (secondary N) is 2. The molecule has 1 amide bonds. The molecule has 130 valence electrons. The average Bonchev–Trinajstić information content (AvgIpc) is 2.44. The molecule has 23 heavy (non-hydrogen) atoms. The number of benzene rings is 1. The highest BCUT2D eigenvalue weighted by atomic mass is 35.5. The molecule has 1 aliphatic rings. The van der Waals surface area contributed by atoms with Gasteiger partial charge in [0.1, 0.15) is 0 Å². The van der Waals surface area contributed by atoms with Gasteiger partial charge in [-0.05, 0) is 30.5 Å². The number of rotatable bonds is 8. The second-order valence-corrected chi connectivity index (χ2v) is 7.37. The zero-order chi connectivity index (χ0) is 16.0. The summed E-state index contributed by atoms with van der Waals surface area (Å²) < 4.78 is 26.4. The van der Waals surface area contributed by atoms with Crippen LogP contribution in [-0.4, -0.2) is 27.4 Å². The molecule has 2 rings (SSSR count). The van der Waals surface area contributed by atoms with Crippen LogP contribution in [0.25, 0.3) is 0 Å². The van der Waals surface area contributed by atoms with Crippen LogP contribution in [-0.2, 0) is 14.8 Å². The molecule has 1 saturated carbocycles. The van der Waals surface area contributed by atoms with Crippen molar-refractivity contribution >= 4 is 34.0 Å². The molecule has 1 aliphatic carbocycles. The summed E-state index contributed by atoms with van der Waals surface area (Å²) >= 11 is 0. The van der Waals surface area contributed by atoms with Crippen molar-refractivity contribution in [1.29, 1.82) is 0 Å². The van der Waals surface area contributed by atoms with E-state index < -0.39 is 10.0 Å². The van der Waals surface area contributed by atoms with Crippen molar-refractivity contribution in [3.05, 3.63) is 24.3 Å². The van der Waals surface area contributed by atoms with Gasteiger partial charge < -0.3 is 11.1 Å². The molecule has 1 aromatic carbocycles. The van der Waals surface area contributed by atoms with E-state index in [1.807, 2.05) is 0 Å². The van der Waals surface area contributed by atoms with Crippen molar-refractivity contribution in [3.63, 3.8) is 0 Å². The molecule has 0 aliphatic heterocycles. The van der Waals surface area contributed by atoms with E-state index in [0.29, 0.717) is 18.0 Å². The summed E-state index contributed by atoms with van der Waals surface area (Å²) in [6.45, 7) is 0.414. The van der Waals surface area contributed by atoms with Crippen LogP contribution in [0.15, 0.2) is 29.2 Å². The van der Waals surface area contributed by atoms with Gasteiger partial charge >= 0.3 is 0 Å². The first-order chi connectivity index (χ1) is 10.5. The number of nitrogens with two attached hydrogens (primary N) is 1. The van der Waals surface area contributed by atoms with Crippen molar-refractivity contribution in [2.24, 2.45) is 11.7 Å². The maximum Gasteiger partial charge on any atom is 0.240 e. The molecule has 4 N–H and O–H groups in total. The lowest BCUT2D eigenvalue weighted by molar-refractivity contribution is -0.116. The summed E-state index contributed by atoms with van der Waals surface area (Å²) in [4.78, 5) is 12.0. The average molecular weight is 362 g/mol. The molecule has 0 atom stereocenters. The highest BCUT2D eigenvalue weighted by Gasteiger charge is 2.18. The molecule has 1 fully saturated rings. The number of hydrogen-bond donors (Lipinski definition) is 3. The molecular formula is C15H24ClN3O3S. The Balaban J connectivity index is 0.00000264. The van der Waals surface area contributed by atoms with Gasteiger partial charge in [0.05, 0.1) is 4.90 Å². The topological polar surface area (TPSA) is 101 Å². The van der Waals surface area contributed by atoms with Crippen LogP contribution in [0, 0.1) is 5.92 Å². The molecule has 1 aromatic rings. The maximum absolute atomic E-state index is 12.0. The molecule has 0 saturated heterocycles. The van der Waals surface area contributed by atoms with E-state index in [-0.39, 0.29) is 36.3 Å². The summed E-state index contributed by atoms with van der Waals surface area (Å²) in [7, 11) is -3.58. The third-order valence-electron chi connectivity index (χ3n) is 3.87. The Kier molecular flexibility index (Phi) is 7.98. The fraction of sp³-hybridized carbons (Fsp3) is 0.533. The van der Waals surface area contributed by atoms with Gasteiger partial charge in [-0.25, -0.2) is 13.1 Å². The Labute approximate surface area is 143 Å². The number of hydrogen-bond acceptors (Lipinski definition) is 4. The van der Waals surface area contributed by atoms with Crippen molar-refractivity contribution in [2.75, 3.05) is 18.4 Å².